The summed E-state index contributed by atoms with van der Waals surface area (Å²) in [5.41, 5.74) is 0. The molecule has 1 rings (SSSR count). The minimum absolute atomic E-state index is 0.336. The average Bonchev–Trinajstić information content (AvgIpc) is 2.34. The first-order valence-electron chi connectivity index (χ1n) is 3.22. The zero-order chi connectivity index (χ0) is 7.56. The van der Waals surface area contributed by atoms with Crippen LogP contribution in [0.25, 0.3) is 0 Å². The van der Waals surface area contributed by atoms with E-state index >= 15 is 0 Å². The van der Waals surface area contributed by atoms with Gasteiger partial charge in [0.1, 0.15) is 0 Å². The maximum atomic E-state index is 10.8. The number of esters is 1. The van der Waals surface area contributed by atoms with Gasteiger partial charge in [0.15, 0.2) is 0 Å². The van der Waals surface area contributed by atoms with E-state index in [0.717, 1.165) is 0 Å². The molecule has 10 heavy (non-hydrogen) atoms. The zero-order valence-electron chi connectivity index (χ0n) is 5.83. The maximum absolute atomic E-state index is 10.8. The predicted molar refractivity (Wildman–Crippen MR) is 34.4 cm³/mol. The van der Waals surface area contributed by atoms with Crippen LogP contribution < -0.4 is 5.32 Å². The van der Waals surface area contributed by atoms with Crippen LogP contribution in [-0.2, 0) is 9.53 Å². The van der Waals surface area contributed by atoms with Crippen LogP contribution in [-0.4, -0.2) is 37.4 Å². The lowest BCUT2D eigenvalue weighted by molar-refractivity contribution is -0.147. The van der Waals surface area contributed by atoms with Crippen LogP contribution in [0.3, 0.4) is 0 Å². The molecule has 4 nitrogen and oxygen atoms in total. The largest absolute Gasteiger partial charge is 0.469 e. The van der Waals surface area contributed by atoms with Gasteiger partial charge in [-0.25, -0.2) is 0 Å². The Bertz CT molecular complexity index is 137. The van der Waals surface area contributed by atoms with E-state index in [9.17, 15) is 4.79 Å². The first-order chi connectivity index (χ1) is 4.75. The van der Waals surface area contributed by atoms with Crippen molar-refractivity contribution in [1.29, 1.82) is 0 Å². The van der Waals surface area contributed by atoms with Crippen molar-refractivity contribution < 1.29 is 14.6 Å². The summed E-state index contributed by atoms with van der Waals surface area (Å²) in [6.07, 6.45) is -0.576. The van der Waals surface area contributed by atoms with Gasteiger partial charge in [-0.2, -0.15) is 0 Å². The third-order valence-electron chi connectivity index (χ3n) is 1.69. The topological polar surface area (TPSA) is 58.6 Å². The molecule has 0 aliphatic carbocycles. The van der Waals surface area contributed by atoms with E-state index in [1.165, 1.54) is 7.11 Å². The predicted octanol–water partition coefficient (Wildman–Crippen LogP) is -1.26. The number of β-amino-alcohol motifs (C(OH)–C–C–N with tert-alkyl or cyclic N) is 1. The van der Waals surface area contributed by atoms with Gasteiger partial charge in [0, 0.05) is 13.1 Å². The highest BCUT2D eigenvalue weighted by Crippen LogP contribution is 2.09. The fourth-order valence-corrected chi connectivity index (χ4v) is 1.06. The monoisotopic (exact) mass is 145 g/mol. The molecule has 1 heterocycles. The van der Waals surface area contributed by atoms with Crippen LogP contribution >= 0.6 is 0 Å². The van der Waals surface area contributed by atoms with Gasteiger partial charge in [0.05, 0.1) is 19.1 Å². The van der Waals surface area contributed by atoms with Gasteiger partial charge in [-0.15, -0.1) is 0 Å². The molecule has 1 saturated heterocycles. The lowest BCUT2D eigenvalue weighted by Crippen LogP contribution is -2.27. The van der Waals surface area contributed by atoms with Gasteiger partial charge in [-0.05, 0) is 0 Å². The molecule has 2 atom stereocenters. The first kappa shape index (κ1) is 7.50. The molecule has 0 aromatic carbocycles. The van der Waals surface area contributed by atoms with Crippen LogP contribution in [0.5, 0.6) is 0 Å². The normalized spacial score (nSPS) is 32.2. The van der Waals surface area contributed by atoms with E-state index in [2.05, 4.69) is 10.1 Å². The Hall–Kier alpha value is -0.610. The number of ether oxygens (including phenoxy) is 1. The summed E-state index contributed by atoms with van der Waals surface area (Å²) >= 11 is 0. The molecule has 0 aromatic rings. The lowest BCUT2D eigenvalue weighted by Gasteiger charge is -2.08. The second-order valence-corrected chi connectivity index (χ2v) is 2.36. The number of hydrogen-bond donors (Lipinski definition) is 2. The molecule has 0 bridgehead atoms. The van der Waals surface area contributed by atoms with Crippen molar-refractivity contribution in [2.24, 2.45) is 5.92 Å². The Labute approximate surface area is 59.2 Å². The quantitative estimate of drug-likeness (QED) is 0.452. The van der Waals surface area contributed by atoms with E-state index in [1.54, 1.807) is 0 Å². The Kier molecular flexibility index (Phi) is 2.24. The summed E-state index contributed by atoms with van der Waals surface area (Å²) in [5, 5.41) is 12.0. The molecule has 58 valence electrons. The molecule has 0 spiro atoms. The van der Waals surface area contributed by atoms with Crippen molar-refractivity contribution in [1.82, 2.24) is 5.32 Å². The number of methoxy groups -OCH3 is 1. The zero-order valence-corrected chi connectivity index (χ0v) is 5.83. The van der Waals surface area contributed by atoms with Gasteiger partial charge < -0.3 is 15.2 Å². The summed E-state index contributed by atoms with van der Waals surface area (Å²) in [6, 6.07) is 0. The maximum Gasteiger partial charge on any atom is 0.312 e. The standard InChI is InChI=1S/C6H11NO3/c1-10-6(9)4-2-7-3-5(4)8/h4-5,7-8H,2-3H2,1H3/t4-,5-/m1/s1. The highest BCUT2D eigenvalue weighted by molar-refractivity contribution is 5.73. The summed E-state index contributed by atoms with van der Waals surface area (Å²) in [5.74, 6) is -0.706. The minimum atomic E-state index is -0.576. The van der Waals surface area contributed by atoms with Gasteiger partial charge in [0.2, 0.25) is 0 Å². The van der Waals surface area contributed by atoms with Crippen molar-refractivity contribution in [3.05, 3.63) is 0 Å². The molecule has 1 fully saturated rings. The molecule has 0 aromatic heterocycles. The van der Waals surface area contributed by atoms with E-state index in [1.807, 2.05) is 0 Å². The fraction of sp³-hybridized carbons (Fsp3) is 0.833. The van der Waals surface area contributed by atoms with Crippen molar-refractivity contribution >= 4 is 5.97 Å². The second kappa shape index (κ2) is 2.98. The summed E-state index contributed by atoms with van der Waals surface area (Å²) < 4.78 is 4.47. The fourth-order valence-electron chi connectivity index (χ4n) is 1.06. The summed E-state index contributed by atoms with van der Waals surface area (Å²) in [4.78, 5) is 10.8. The van der Waals surface area contributed by atoms with Gasteiger partial charge in [0.25, 0.3) is 0 Å². The van der Waals surface area contributed by atoms with Crippen molar-refractivity contribution in [2.45, 2.75) is 6.10 Å². The smallest absolute Gasteiger partial charge is 0.312 e. The number of aliphatic hydroxyl groups excluding tert-OH is 1. The van der Waals surface area contributed by atoms with Crippen molar-refractivity contribution in [3.8, 4) is 0 Å². The highest BCUT2D eigenvalue weighted by Gasteiger charge is 2.31. The highest BCUT2D eigenvalue weighted by atomic mass is 16.5. The number of carbonyl (C=O) groups is 1. The SMILES string of the molecule is COC(=O)[C@@H]1CNC[C@H]1O. The van der Waals surface area contributed by atoms with Crippen molar-refractivity contribution in [3.63, 3.8) is 0 Å². The molecule has 1 aliphatic heterocycles. The van der Waals surface area contributed by atoms with Gasteiger partial charge in [-0.3, -0.25) is 4.79 Å². The number of carbonyl (C=O) groups excluding carboxylic acids is 1. The molecule has 2 N–H and O–H groups in total. The number of hydrogen-bond acceptors (Lipinski definition) is 4. The molecule has 0 radical (unpaired) electrons. The molecule has 0 saturated carbocycles. The molecular formula is C6H11NO3. The third kappa shape index (κ3) is 1.27. The van der Waals surface area contributed by atoms with Crippen molar-refractivity contribution in [2.75, 3.05) is 20.2 Å². The lowest BCUT2D eigenvalue weighted by atomic mass is 10.1. The number of aliphatic hydroxyl groups is 1. The molecular weight excluding hydrogens is 134 g/mol. The summed E-state index contributed by atoms with van der Waals surface area (Å²) in [7, 11) is 1.33. The van der Waals surface area contributed by atoms with E-state index in [-0.39, 0.29) is 11.9 Å². The van der Waals surface area contributed by atoms with Crippen LogP contribution in [0, 0.1) is 5.92 Å². The van der Waals surface area contributed by atoms with Crippen LogP contribution in [0.2, 0.25) is 0 Å². The molecule has 0 unspecified atom stereocenters. The van der Waals surface area contributed by atoms with Crippen LogP contribution in [0.1, 0.15) is 0 Å². The Morgan fingerprint density at radius 3 is 2.80 bits per heavy atom. The molecule has 1 aliphatic rings. The van der Waals surface area contributed by atoms with Gasteiger partial charge >= 0.3 is 5.97 Å². The van der Waals surface area contributed by atoms with Gasteiger partial charge in [-0.1, -0.05) is 0 Å². The second-order valence-electron chi connectivity index (χ2n) is 2.36. The third-order valence-corrected chi connectivity index (χ3v) is 1.69. The first-order valence-corrected chi connectivity index (χ1v) is 3.22. The Balaban J connectivity index is 2.46. The van der Waals surface area contributed by atoms with E-state index in [4.69, 9.17) is 5.11 Å². The Morgan fingerprint density at radius 1 is 1.70 bits per heavy atom. The summed E-state index contributed by atoms with van der Waals surface area (Å²) in [6.45, 7) is 1.01. The Morgan fingerprint density at radius 2 is 2.40 bits per heavy atom. The minimum Gasteiger partial charge on any atom is -0.469 e. The molecule has 4 heteroatoms. The van der Waals surface area contributed by atoms with E-state index in [0.29, 0.717) is 13.1 Å². The van der Waals surface area contributed by atoms with Crippen LogP contribution in [0.15, 0.2) is 0 Å². The van der Waals surface area contributed by atoms with Crippen LogP contribution in [0.4, 0.5) is 0 Å². The molecule has 0 amide bonds. The number of nitrogens with one attached hydrogen (secondary N) is 1. The number of rotatable bonds is 1. The van der Waals surface area contributed by atoms with E-state index < -0.39 is 6.10 Å². The average molecular weight is 145 g/mol.